The number of carbonyl (C=O) groups is 2. The van der Waals surface area contributed by atoms with Gasteiger partial charge in [0.15, 0.2) is 0 Å². The van der Waals surface area contributed by atoms with Crippen molar-refractivity contribution < 1.29 is 22.4 Å². The van der Waals surface area contributed by atoms with E-state index in [4.69, 9.17) is 16.0 Å². The van der Waals surface area contributed by atoms with E-state index in [9.17, 15) is 18.0 Å². The second-order valence-electron chi connectivity index (χ2n) is 5.53. The molecule has 0 fully saturated rings. The number of sulfonamides is 1. The molecule has 0 aliphatic rings. The molecule has 0 bridgehead atoms. The predicted molar refractivity (Wildman–Crippen MR) is 99.9 cm³/mol. The molecule has 0 saturated heterocycles. The lowest BCUT2D eigenvalue weighted by atomic mass is 10.2. The number of amides is 2. The van der Waals surface area contributed by atoms with Gasteiger partial charge in [0.25, 0.3) is 11.8 Å². The largest absolute Gasteiger partial charge is 0.469 e. The summed E-state index contributed by atoms with van der Waals surface area (Å²) in [6, 6.07) is 5.34. The molecule has 2 N–H and O–H groups in total. The van der Waals surface area contributed by atoms with E-state index in [1.807, 2.05) is 0 Å². The second kappa shape index (κ2) is 8.55. The first-order valence-corrected chi connectivity index (χ1v) is 9.98. The number of hydrogen-bond acceptors (Lipinski definition) is 5. The number of nitrogens with zero attached hydrogens (tertiary/aromatic N) is 1. The molecule has 1 heterocycles. The average molecular weight is 414 g/mol. The molecule has 0 saturated carbocycles. The maximum absolute atomic E-state index is 12.7. The molecule has 146 valence electrons. The number of furan rings is 1. The highest BCUT2D eigenvalue weighted by Gasteiger charge is 2.25. The van der Waals surface area contributed by atoms with Crippen molar-refractivity contribution in [1.29, 1.82) is 0 Å². The molecule has 0 aliphatic heterocycles. The molecule has 27 heavy (non-hydrogen) atoms. The van der Waals surface area contributed by atoms with Crippen LogP contribution in [-0.2, 0) is 10.0 Å². The first-order valence-electron chi connectivity index (χ1n) is 8.16. The molecule has 0 unspecified atom stereocenters. The molecule has 0 spiro atoms. The summed E-state index contributed by atoms with van der Waals surface area (Å²) in [7, 11) is -3.84. The first kappa shape index (κ1) is 20.9. The number of rotatable bonds is 6. The third kappa shape index (κ3) is 4.49. The lowest BCUT2D eigenvalue weighted by molar-refractivity contribution is 0.0845. The summed E-state index contributed by atoms with van der Waals surface area (Å²) < 4.78 is 31.6. The van der Waals surface area contributed by atoms with E-state index in [1.54, 1.807) is 20.8 Å². The minimum Gasteiger partial charge on any atom is -0.469 e. The SMILES string of the molecule is CCN(CC)S(=O)(=O)c1cc(C(=O)NNC(=O)c2ccoc2C)ccc1Cl. The fourth-order valence-corrected chi connectivity index (χ4v) is 4.38. The third-order valence-corrected chi connectivity index (χ3v) is 6.44. The Morgan fingerprint density at radius 2 is 1.74 bits per heavy atom. The van der Waals surface area contributed by atoms with Crippen LogP contribution in [0.25, 0.3) is 0 Å². The van der Waals surface area contributed by atoms with Gasteiger partial charge in [0.1, 0.15) is 10.7 Å². The standard InChI is InChI=1S/C17H20ClN3O5S/c1-4-21(5-2)27(24,25)15-10-12(6-7-14(15)18)16(22)19-20-17(23)13-8-9-26-11(13)3/h6-10H,4-5H2,1-3H3,(H,19,22)(H,20,23). The summed E-state index contributed by atoms with van der Waals surface area (Å²) >= 11 is 6.04. The van der Waals surface area contributed by atoms with Gasteiger partial charge in [-0.05, 0) is 31.2 Å². The van der Waals surface area contributed by atoms with Crippen LogP contribution < -0.4 is 10.9 Å². The van der Waals surface area contributed by atoms with Crippen LogP contribution in [0.5, 0.6) is 0 Å². The maximum Gasteiger partial charge on any atom is 0.273 e. The van der Waals surface area contributed by atoms with Crippen molar-refractivity contribution in [2.24, 2.45) is 0 Å². The van der Waals surface area contributed by atoms with Gasteiger partial charge in [0.2, 0.25) is 10.0 Å². The van der Waals surface area contributed by atoms with Crippen molar-refractivity contribution >= 4 is 33.4 Å². The lowest BCUT2D eigenvalue weighted by Crippen LogP contribution is -2.41. The molecule has 0 radical (unpaired) electrons. The van der Waals surface area contributed by atoms with Gasteiger partial charge in [-0.3, -0.25) is 20.4 Å². The highest BCUT2D eigenvalue weighted by Crippen LogP contribution is 2.25. The summed E-state index contributed by atoms with van der Waals surface area (Å²) in [5.41, 5.74) is 4.80. The fraction of sp³-hybridized carbons (Fsp3) is 0.294. The number of carbonyl (C=O) groups excluding carboxylic acids is 2. The first-order chi connectivity index (χ1) is 12.7. The number of halogens is 1. The number of hydrogen-bond donors (Lipinski definition) is 2. The van der Waals surface area contributed by atoms with Crippen LogP contribution in [0.4, 0.5) is 0 Å². The van der Waals surface area contributed by atoms with E-state index < -0.39 is 21.8 Å². The third-order valence-electron chi connectivity index (χ3n) is 3.91. The summed E-state index contributed by atoms with van der Waals surface area (Å²) in [4.78, 5) is 24.1. The Morgan fingerprint density at radius 3 is 2.30 bits per heavy atom. The molecule has 1 aromatic carbocycles. The number of hydrazine groups is 1. The van der Waals surface area contributed by atoms with Crippen LogP contribution in [-0.4, -0.2) is 37.6 Å². The average Bonchev–Trinajstić information content (AvgIpc) is 3.06. The van der Waals surface area contributed by atoms with Crippen LogP contribution in [0.15, 0.2) is 39.8 Å². The zero-order chi connectivity index (χ0) is 20.2. The van der Waals surface area contributed by atoms with Crippen LogP contribution in [0.1, 0.15) is 40.3 Å². The van der Waals surface area contributed by atoms with Gasteiger partial charge in [-0.15, -0.1) is 0 Å². The predicted octanol–water partition coefficient (Wildman–Crippen LogP) is 2.35. The Balaban J connectivity index is 2.21. The minimum absolute atomic E-state index is 0.0107. The molecule has 8 nitrogen and oxygen atoms in total. The van der Waals surface area contributed by atoms with Gasteiger partial charge in [-0.2, -0.15) is 4.31 Å². The smallest absolute Gasteiger partial charge is 0.273 e. The Labute approximate surface area is 162 Å². The Morgan fingerprint density at radius 1 is 1.11 bits per heavy atom. The summed E-state index contributed by atoms with van der Waals surface area (Å²) in [6.07, 6.45) is 1.36. The molecule has 2 aromatic rings. The van der Waals surface area contributed by atoms with Crippen molar-refractivity contribution in [2.75, 3.05) is 13.1 Å². The molecule has 0 atom stereocenters. The van der Waals surface area contributed by atoms with Crippen molar-refractivity contribution in [2.45, 2.75) is 25.7 Å². The van der Waals surface area contributed by atoms with Crippen LogP contribution in [0.3, 0.4) is 0 Å². The monoisotopic (exact) mass is 413 g/mol. The quantitative estimate of drug-likeness (QED) is 0.706. The van der Waals surface area contributed by atoms with Crippen molar-refractivity contribution in [3.05, 3.63) is 52.4 Å². The van der Waals surface area contributed by atoms with E-state index in [0.29, 0.717) is 5.76 Å². The molecule has 0 aliphatic carbocycles. The summed E-state index contributed by atoms with van der Waals surface area (Å²) in [6.45, 7) is 5.56. The summed E-state index contributed by atoms with van der Waals surface area (Å²) in [5.74, 6) is -0.836. The Hall–Kier alpha value is -2.36. The van der Waals surface area contributed by atoms with E-state index in [-0.39, 0.29) is 34.1 Å². The van der Waals surface area contributed by atoms with E-state index in [0.717, 1.165) is 0 Å². The summed E-state index contributed by atoms with van der Waals surface area (Å²) in [5, 5.41) is 0.0107. The molecular weight excluding hydrogens is 394 g/mol. The van der Waals surface area contributed by atoms with Crippen molar-refractivity contribution in [3.63, 3.8) is 0 Å². The van der Waals surface area contributed by atoms with Gasteiger partial charge < -0.3 is 4.42 Å². The zero-order valence-corrected chi connectivity index (χ0v) is 16.6. The second-order valence-corrected chi connectivity index (χ2v) is 7.85. The van der Waals surface area contributed by atoms with Crippen LogP contribution in [0.2, 0.25) is 5.02 Å². The van der Waals surface area contributed by atoms with Gasteiger partial charge in [-0.25, -0.2) is 8.42 Å². The van der Waals surface area contributed by atoms with Gasteiger partial charge in [0, 0.05) is 18.7 Å². The molecular formula is C17H20ClN3O5S. The maximum atomic E-state index is 12.7. The molecule has 1 aromatic heterocycles. The van der Waals surface area contributed by atoms with E-state index >= 15 is 0 Å². The molecule has 2 amide bonds. The Bertz CT molecular complexity index is 951. The highest BCUT2D eigenvalue weighted by atomic mass is 35.5. The van der Waals surface area contributed by atoms with Gasteiger partial charge >= 0.3 is 0 Å². The van der Waals surface area contributed by atoms with Gasteiger partial charge in [0.05, 0.1) is 16.8 Å². The number of aryl methyl sites for hydroxylation is 1. The number of benzene rings is 1. The minimum atomic E-state index is -3.84. The fourth-order valence-electron chi connectivity index (χ4n) is 2.42. The topological polar surface area (TPSA) is 109 Å². The zero-order valence-electron chi connectivity index (χ0n) is 15.1. The Kier molecular flexibility index (Phi) is 6.63. The lowest BCUT2D eigenvalue weighted by Gasteiger charge is -2.19. The van der Waals surface area contributed by atoms with E-state index in [2.05, 4.69) is 10.9 Å². The van der Waals surface area contributed by atoms with E-state index in [1.165, 1.54) is 34.8 Å². The molecule has 10 heteroatoms. The number of nitrogens with one attached hydrogen (secondary N) is 2. The van der Waals surface area contributed by atoms with Gasteiger partial charge in [-0.1, -0.05) is 25.4 Å². The highest BCUT2D eigenvalue weighted by molar-refractivity contribution is 7.89. The van der Waals surface area contributed by atoms with Crippen molar-refractivity contribution in [1.82, 2.24) is 15.2 Å². The normalized spacial score (nSPS) is 11.4. The van der Waals surface area contributed by atoms with Crippen LogP contribution >= 0.6 is 11.6 Å². The molecule has 2 rings (SSSR count). The van der Waals surface area contributed by atoms with Crippen molar-refractivity contribution in [3.8, 4) is 0 Å². The van der Waals surface area contributed by atoms with Crippen LogP contribution in [0, 0.1) is 6.92 Å².